The minimum atomic E-state index is -3.72. The van der Waals surface area contributed by atoms with Gasteiger partial charge < -0.3 is 9.84 Å². The lowest BCUT2D eigenvalue weighted by Crippen LogP contribution is -2.35. The van der Waals surface area contributed by atoms with E-state index in [0.29, 0.717) is 12.2 Å². The van der Waals surface area contributed by atoms with Crippen molar-refractivity contribution in [2.24, 2.45) is 0 Å². The van der Waals surface area contributed by atoms with E-state index in [2.05, 4.69) is 0 Å². The van der Waals surface area contributed by atoms with Gasteiger partial charge in [-0.05, 0) is 18.9 Å². The minimum absolute atomic E-state index is 0.0232. The molecule has 0 aliphatic heterocycles. The fraction of sp³-hybridized carbons (Fsp3) is 0.462. The first-order chi connectivity index (χ1) is 8.97. The maximum absolute atomic E-state index is 12.0. The minimum Gasteiger partial charge on any atom is -0.480 e. The van der Waals surface area contributed by atoms with Crippen molar-refractivity contribution < 1.29 is 23.1 Å². The van der Waals surface area contributed by atoms with Crippen LogP contribution < -0.4 is 0 Å². The lowest BCUT2D eigenvalue weighted by Gasteiger charge is -2.13. The summed E-state index contributed by atoms with van der Waals surface area (Å²) in [7, 11) is -3.72. The molecule has 0 aliphatic carbocycles. The highest BCUT2D eigenvalue weighted by Gasteiger charge is 2.32. The average Bonchev–Trinajstić information content (AvgIpc) is 2.37. The first-order valence-corrected chi connectivity index (χ1v) is 7.75. The first kappa shape index (κ1) is 15.7. The van der Waals surface area contributed by atoms with Crippen LogP contribution in [0.25, 0.3) is 0 Å². The second-order valence-electron chi connectivity index (χ2n) is 4.08. The molecule has 0 aliphatic rings. The maximum atomic E-state index is 12.0. The second kappa shape index (κ2) is 7.25. The van der Waals surface area contributed by atoms with Crippen LogP contribution in [-0.2, 0) is 25.8 Å². The van der Waals surface area contributed by atoms with Gasteiger partial charge in [-0.15, -0.1) is 0 Å². The van der Waals surface area contributed by atoms with Crippen LogP contribution >= 0.6 is 0 Å². The zero-order valence-electron chi connectivity index (χ0n) is 10.8. The van der Waals surface area contributed by atoms with Crippen LogP contribution in [0.15, 0.2) is 30.3 Å². The Labute approximate surface area is 113 Å². The zero-order valence-corrected chi connectivity index (χ0v) is 11.6. The number of carboxylic acid groups (broad SMARTS) is 1. The monoisotopic (exact) mass is 286 g/mol. The van der Waals surface area contributed by atoms with Gasteiger partial charge in [0, 0.05) is 6.61 Å². The Morgan fingerprint density at radius 2 is 1.95 bits per heavy atom. The number of aliphatic carboxylic acids is 1. The largest absolute Gasteiger partial charge is 0.480 e. The molecular formula is C13H18O5S. The highest BCUT2D eigenvalue weighted by molar-refractivity contribution is 7.92. The lowest BCUT2D eigenvalue weighted by atomic mass is 10.1. The summed E-state index contributed by atoms with van der Waals surface area (Å²) in [5.74, 6) is -1.59. The SMILES string of the molecule is CCOCCS(=O)(=O)C(Cc1ccccc1)C(=O)O. The molecule has 106 valence electrons. The zero-order chi connectivity index (χ0) is 14.3. The van der Waals surface area contributed by atoms with E-state index in [0.717, 1.165) is 0 Å². The van der Waals surface area contributed by atoms with E-state index in [4.69, 9.17) is 9.84 Å². The van der Waals surface area contributed by atoms with Crippen molar-refractivity contribution in [3.8, 4) is 0 Å². The highest BCUT2D eigenvalue weighted by Crippen LogP contribution is 2.12. The first-order valence-electron chi connectivity index (χ1n) is 6.03. The molecule has 0 fully saturated rings. The fourth-order valence-electron chi connectivity index (χ4n) is 1.66. The Kier molecular flexibility index (Phi) is 5.98. The third kappa shape index (κ3) is 5.00. The lowest BCUT2D eigenvalue weighted by molar-refractivity contribution is -0.136. The Hall–Kier alpha value is -1.40. The quantitative estimate of drug-likeness (QED) is 0.725. The summed E-state index contributed by atoms with van der Waals surface area (Å²) in [4.78, 5) is 11.2. The second-order valence-corrected chi connectivity index (χ2v) is 6.38. The van der Waals surface area contributed by atoms with E-state index in [-0.39, 0.29) is 18.8 Å². The van der Waals surface area contributed by atoms with Crippen molar-refractivity contribution >= 4 is 15.8 Å². The molecule has 1 aromatic carbocycles. The molecule has 0 spiro atoms. The standard InChI is InChI=1S/C13H18O5S/c1-2-18-8-9-19(16,17)12(13(14)15)10-11-6-4-3-5-7-11/h3-7,12H,2,8-10H2,1H3,(H,14,15). The van der Waals surface area contributed by atoms with Gasteiger partial charge >= 0.3 is 5.97 Å². The van der Waals surface area contributed by atoms with Crippen LogP contribution in [-0.4, -0.2) is 43.7 Å². The van der Waals surface area contributed by atoms with Gasteiger partial charge in [-0.3, -0.25) is 4.79 Å². The van der Waals surface area contributed by atoms with E-state index in [1.165, 1.54) is 0 Å². The normalized spacial score (nSPS) is 13.1. The molecule has 0 saturated carbocycles. The van der Waals surface area contributed by atoms with E-state index in [9.17, 15) is 13.2 Å². The van der Waals surface area contributed by atoms with Gasteiger partial charge in [0.25, 0.3) is 0 Å². The van der Waals surface area contributed by atoms with Gasteiger partial charge in [-0.2, -0.15) is 0 Å². The van der Waals surface area contributed by atoms with Crippen molar-refractivity contribution in [3.63, 3.8) is 0 Å². The number of sulfone groups is 1. The van der Waals surface area contributed by atoms with E-state index >= 15 is 0 Å². The van der Waals surface area contributed by atoms with Crippen LogP contribution in [0.5, 0.6) is 0 Å². The number of hydrogen-bond acceptors (Lipinski definition) is 4. The predicted octanol–water partition coefficient (Wildman–Crippen LogP) is 1.13. The fourth-order valence-corrected chi connectivity index (χ4v) is 3.05. The summed E-state index contributed by atoms with van der Waals surface area (Å²) in [5, 5.41) is 7.69. The van der Waals surface area contributed by atoms with E-state index in [1.807, 2.05) is 0 Å². The molecule has 1 N–H and O–H groups in total. The number of carboxylic acids is 1. The summed E-state index contributed by atoms with van der Waals surface area (Å²) >= 11 is 0. The average molecular weight is 286 g/mol. The maximum Gasteiger partial charge on any atom is 0.322 e. The van der Waals surface area contributed by atoms with Crippen molar-refractivity contribution in [2.45, 2.75) is 18.6 Å². The number of ether oxygens (including phenoxy) is 1. The van der Waals surface area contributed by atoms with Gasteiger partial charge in [-0.25, -0.2) is 8.42 Å². The topological polar surface area (TPSA) is 80.7 Å². The summed E-state index contributed by atoms with van der Waals surface area (Å²) in [5.41, 5.74) is 0.690. The third-order valence-electron chi connectivity index (χ3n) is 2.69. The van der Waals surface area contributed by atoms with Gasteiger partial charge in [-0.1, -0.05) is 30.3 Å². The van der Waals surface area contributed by atoms with Gasteiger partial charge in [0.2, 0.25) is 0 Å². The highest BCUT2D eigenvalue weighted by atomic mass is 32.2. The Bertz CT molecular complexity index is 495. The Balaban J connectivity index is 2.80. The molecule has 5 nitrogen and oxygen atoms in total. The van der Waals surface area contributed by atoms with Crippen molar-refractivity contribution in [3.05, 3.63) is 35.9 Å². The van der Waals surface area contributed by atoms with Crippen LogP contribution in [0.2, 0.25) is 0 Å². The van der Waals surface area contributed by atoms with Gasteiger partial charge in [0.1, 0.15) is 0 Å². The summed E-state index contributed by atoms with van der Waals surface area (Å²) < 4.78 is 29.0. The van der Waals surface area contributed by atoms with E-state index < -0.39 is 21.1 Å². The summed E-state index contributed by atoms with van der Waals surface area (Å²) in [6.07, 6.45) is -0.0232. The molecular weight excluding hydrogens is 268 g/mol. The Morgan fingerprint density at radius 3 is 2.47 bits per heavy atom. The predicted molar refractivity (Wildman–Crippen MR) is 71.8 cm³/mol. The third-order valence-corrected chi connectivity index (χ3v) is 4.66. The molecule has 1 unspecified atom stereocenters. The number of rotatable bonds is 8. The van der Waals surface area contributed by atoms with Crippen molar-refractivity contribution in [2.75, 3.05) is 19.0 Å². The number of benzene rings is 1. The molecule has 0 heterocycles. The Morgan fingerprint density at radius 1 is 1.32 bits per heavy atom. The number of carbonyl (C=O) groups is 1. The molecule has 1 atom stereocenters. The molecule has 6 heteroatoms. The molecule has 0 radical (unpaired) electrons. The molecule has 19 heavy (non-hydrogen) atoms. The van der Waals surface area contributed by atoms with Crippen molar-refractivity contribution in [1.29, 1.82) is 0 Å². The molecule has 1 aromatic rings. The smallest absolute Gasteiger partial charge is 0.322 e. The summed E-state index contributed by atoms with van der Waals surface area (Å²) in [6, 6.07) is 8.73. The van der Waals surface area contributed by atoms with E-state index in [1.54, 1.807) is 37.3 Å². The molecule has 0 aromatic heterocycles. The number of hydrogen-bond donors (Lipinski definition) is 1. The summed E-state index contributed by atoms with van der Waals surface area (Å²) in [6.45, 7) is 2.19. The van der Waals surface area contributed by atoms with Crippen LogP contribution in [0.1, 0.15) is 12.5 Å². The molecule has 0 saturated heterocycles. The van der Waals surface area contributed by atoms with Crippen molar-refractivity contribution in [1.82, 2.24) is 0 Å². The van der Waals surface area contributed by atoms with Gasteiger partial charge in [0.15, 0.2) is 15.1 Å². The molecule has 0 bridgehead atoms. The van der Waals surface area contributed by atoms with Crippen LogP contribution in [0.3, 0.4) is 0 Å². The van der Waals surface area contributed by atoms with Crippen LogP contribution in [0, 0.1) is 0 Å². The molecule has 1 rings (SSSR count). The van der Waals surface area contributed by atoms with Crippen LogP contribution in [0.4, 0.5) is 0 Å². The molecule has 0 amide bonds. The van der Waals surface area contributed by atoms with Gasteiger partial charge in [0.05, 0.1) is 12.4 Å².